The van der Waals surface area contributed by atoms with E-state index >= 15 is 0 Å². The Hall–Kier alpha value is -2.35. The van der Waals surface area contributed by atoms with Crippen molar-refractivity contribution in [2.24, 2.45) is 0 Å². The SMILES string of the molecule is CS(=O)(=O)N(Cc1cccnc1)Cc1cccc(-c2ccnc(Cl)n2)c1. The number of hydrogen-bond donors (Lipinski definition) is 0. The monoisotopic (exact) mass is 388 g/mol. The molecule has 8 heteroatoms. The van der Waals surface area contributed by atoms with Crippen molar-refractivity contribution >= 4 is 21.6 Å². The van der Waals surface area contributed by atoms with Crippen LogP contribution in [-0.2, 0) is 23.1 Å². The molecule has 0 spiro atoms. The zero-order chi connectivity index (χ0) is 18.6. The Labute approximate surface area is 157 Å². The lowest BCUT2D eigenvalue weighted by Gasteiger charge is -2.20. The maximum atomic E-state index is 12.2. The van der Waals surface area contributed by atoms with Crippen LogP contribution in [0, 0.1) is 0 Å². The zero-order valence-electron chi connectivity index (χ0n) is 14.1. The minimum atomic E-state index is -3.39. The van der Waals surface area contributed by atoms with Crippen LogP contribution in [0.2, 0.25) is 5.28 Å². The van der Waals surface area contributed by atoms with Crippen LogP contribution in [0.5, 0.6) is 0 Å². The molecular formula is C18H17ClN4O2S. The van der Waals surface area contributed by atoms with Crippen LogP contribution in [0.3, 0.4) is 0 Å². The van der Waals surface area contributed by atoms with Gasteiger partial charge in [-0.2, -0.15) is 4.31 Å². The third-order valence-corrected chi connectivity index (χ3v) is 5.14. The molecule has 134 valence electrons. The average Bonchev–Trinajstić information content (AvgIpc) is 2.62. The molecule has 3 rings (SSSR count). The van der Waals surface area contributed by atoms with Crippen LogP contribution in [-0.4, -0.2) is 33.9 Å². The second-order valence-corrected chi connectivity index (χ2v) is 8.12. The van der Waals surface area contributed by atoms with Crippen LogP contribution in [0.4, 0.5) is 0 Å². The predicted octanol–water partition coefficient (Wildman–Crippen LogP) is 3.15. The van der Waals surface area contributed by atoms with E-state index in [9.17, 15) is 8.42 Å². The molecule has 0 saturated heterocycles. The van der Waals surface area contributed by atoms with Crippen molar-refractivity contribution in [3.8, 4) is 11.3 Å². The van der Waals surface area contributed by atoms with Gasteiger partial charge in [0, 0.05) is 37.2 Å². The number of nitrogens with zero attached hydrogens (tertiary/aromatic N) is 4. The summed E-state index contributed by atoms with van der Waals surface area (Å²) >= 11 is 5.85. The van der Waals surface area contributed by atoms with E-state index in [2.05, 4.69) is 15.0 Å². The number of hydrogen-bond acceptors (Lipinski definition) is 5. The van der Waals surface area contributed by atoms with E-state index in [1.165, 1.54) is 10.6 Å². The minimum absolute atomic E-state index is 0.169. The molecule has 0 amide bonds. The number of halogens is 1. The van der Waals surface area contributed by atoms with Crippen LogP contribution < -0.4 is 0 Å². The molecule has 0 N–H and O–H groups in total. The highest BCUT2D eigenvalue weighted by molar-refractivity contribution is 7.88. The molecule has 2 aromatic heterocycles. The van der Waals surface area contributed by atoms with E-state index < -0.39 is 10.0 Å². The summed E-state index contributed by atoms with van der Waals surface area (Å²) in [5.41, 5.74) is 3.22. The predicted molar refractivity (Wildman–Crippen MR) is 101 cm³/mol. The Morgan fingerprint density at radius 2 is 1.81 bits per heavy atom. The fourth-order valence-electron chi connectivity index (χ4n) is 2.51. The molecule has 0 aliphatic heterocycles. The van der Waals surface area contributed by atoms with Gasteiger partial charge >= 0.3 is 0 Å². The van der Waals surface area contributed by atoms with Crippen molar-refractivity contribution in [2.75, 3.05) is 6.26 Å². The summed E-state index contributed by atoms with van der Waals surface area (Å²) in [6.45, 7) is 0.511. The molecule has 0 bridgehead atoms. The van der Waals surface area contributed by atoms with E-state index in [-0.39, 0.29) is 18.4 Å². The molecule has 6 nitrogen and oxygen atoms in total. The summed E-state index contributed by atoms with van der Waals surface area (Å²) in [4.78, 5) is 12.1. The lowest BCUT2D eigenvalue weighted by atomic mass is 10.1. The first kappa shape index (κ1) is 18.4. The Morgan fingerprint density at radius 1 is 1.04 bits per heavy atom. The highest BCUT2D eigenvalue weighted by Gasteiger charge is 2.18. The van der Waals surface area contributed by atoms with Gasteiger partial charge in [-0.15, -0.1) is 0 Å². The third kappa shape index (κ3) is 4.85. The van der Waals surface area contributed by atoms with E-state index in [0.717, 1.165) is 16.7 Å². The largest absolute Gasteiger partial charge is 0.264 e. The first-order chi connectivity index (χ1) is 12.4. The van der Waals surface area contributed by atoms with Gasteiger partial charge in [-0.1, -0.05) is 24.3 Å². The van der Waals surface area contributed by atoms with E-state index in [1.54, 1.807) is 30.7 Å². The first-order valence-corrected chi connectivity index (χ1v) is 10.1. The molecule has 3 aromatic rings. The topological polar surface area (TPSA) is 76.1 Å². The Balaban J connectivity index is 1.86. The minimum Gasteiger partial charge on any atom is -0.264 e. The van der Waals surface area contributed by atoms with Crippen molar-refractivity contribution in [2.45, 2.75) is 13.1 Å². The van der Waals surface area contributed by atoms with Crippen LogP contribution in [0.15, 0.2) is 61.1 Å². The van der Waals surface area contributed by atoms with Gasteiger partial charge in [0.2, 0.25) is 15.3 Å². The van der Waals surface area contributed by atoms with Crippen molar-refractivity contribution in [3.63, 3.8) is 0 Å². The van der Waals surface area contributed by atoms with Gasteiger partial charge < -0.3 is 0 Å². The maximum absolute atomic E-state index is 12.2. The van der Waals surface area contributed by atoms with Crippen molar-refractivity contribution in [3.05, 3.63) is 77.5 Å². The Bertz CT molecular complexity index is 997. The quantitative estimate of drug-likeness (QED) is 0.606. The molecule has 26 heavy (non-hydrogen) atoms. The summed E-state index contributed by atoms with van der Waals surface area (Å²) in [6.07, 6.45) is 6.11. The van der Waals surface area contributed by atoms with Crippen molar-refractivity contribution in [1.29, 1.82) is 0 Å². The second-order valence-electron chi connectivity index (χ2n) is 5.80. The average molecular weight is 389 g/mol. The molecule has 0 fully saturated rings. The van der Waals surface area contributed by atoms with Crippen LogP contribution >= 0.6 is 11.6 Å². The smallest absolute Gasteiger partial charge is 0.222 e. The van der Waals surface area contributed by atoms with Gasteiger partial charge in [0.05, 0.1) is 11.9 Å². The van der Waals surface area contributed by atoms with Gasteiger partial charge in [-0.3, -0.25) is 4.98 Å². The normalized spacial score (nSPS) is 11.7. The standard InChI is InChI=1S/C18H17ClN4O2S/c1-26(24,25)23(13-15-5-3-8-20-11-15)12-14-4-2-6-16(10-14)17-7-9-21-18(19)22-17/h2-11H,12-13H2,1H3. The van der Waals surface area contributed by atoms with Gasteiger partial charge in [0.15, 0.2) is 0 Å². The van der Waals surface area contributed by atoms with Crippen molar-refractivity contribution in [1.82, 2.24) is 19.3 Å². The molecule has 0 atom stereocenters. The van der Waals surface area contributed by atoms with Crippen molar-refractivity contribution < 1.29 is 8.42 Å². The summed E-state index contributed by atoms with van der Waals surface area (Å²) in [5, 5.41) is 0.169. The Morgan fingerprint density at radius 3 is 2.50 bits per heavy atom. The summed E-state index contributed by atoms with van der Waals surface area (Å²) < 4.78 is 25.8. The number of aromatic nitrogens is 3. The van der Waals surface area contributed by atoms with Gasteiger partial charge in [0.25, 0.3) is 0 Å². The summed E-state index contributed by atoms with van der Waals surface area (Å²) in [5.74, 6) is 0. The number of benzene rings is 1. The lowest BCUT2D eigenvalue weighted by molar-refractivity contribution is 0.404. The van der Waals surface area contributed by atoms with Gasteiger partial charge in [-0.05, 0) is 40.9 Å². The number of sulfonamides is 1. The molecule has 0 radical (unpaired) electrons. The van der Waals surface area contributed by atoms with Crippen LogP contribution in [0.25, 0.3) is 11.3 Å². The molecule has 1 aromatic carbocycles. The highest BCUT2D eigenvalue weighted by Crippen LogP contribution is 2.21. The lowest BCUT2D eigenvalue weighted by Crippen LogP contribution is -2.29. The third-order valence-electron chi connectivity index (χ3n) is 3.76. The van der Waals surface area contributed by atoms with E-state index in [0.29, 0.717) is 5.69 Å². The number of pyridine rings is 1. The zero-order valence-corrected chi connectivity index (χ0v) is 15.7. The molecule has 0 saturated carbocycles. The van der Waals surface area contributed by atoms with Gasteiger partial charge in [-0.25, -0.2) is 18.4 Å². The highest BCUT2D eigenvalue weighted by atomic mass is 35.5. The summed E-state index contributed by atoms with van der Waals surface area (Å²) in [6, 6.07) is 12.9. The Kier molecular flexibility index (Phi) is 5.61. The molecule has 2 heterocycles. The van der Waals surface area contributed by atoms with Gasteiger partial charge in [0.1, 0.15) is 0 Å². The van der Waals surface area contributed by atoms with E-state index in [4.69, 9.17) is 11.6 Å². The molecular weight excluding hydrogens is 372 g/mol. The fraction of sp³-hybridized carbons (Fsp3) is 0.167. The molecule has 0 unspecified atom stereocenters. The summed E-state index contributed by atoms with van der Waals surface area (Å²) in [7, 11) is -3.39. The fourth-order valence-corrected chi connectivity index (χ4v) is 3.43. The first-order valence-electron chi connectivity index (χ1n) is 7.84. The van der Waals surface area contributed by atoms with E-state index in [1.807, 2.05) is 30.3 Å². The second kappa shape index (κ2) is 7.90. The number of rotatable bonds is 6. The van der Waals surface area contributed by atoms with Crippen LogP contribution in [0.1, 0.15) is 11.1 Å². The molecule has 0 aliphatic rings. The molecule has 0 aliphatic carbocycles. The maximum Gasteiger partial charge on any atom is 0.222 e.